The van der Waals surface area contributed by atoms with Gasteiger partial charge in [-0.05, 0) is 161 Å². The highest BCUT2D eigenvalue weighted by molar-refractivity contribution is 6.30. The molecule has 2 aliphatic heterocycles. The first kappa shape index (κ1) is 70.0. The van der Waals surface area contributed by atoms with Crippen LogP contribution in [0.4, 0.5) is 22.7 Å². The van der Waals surface area contributed by atoms with Gasteiger partial charge in [-0.1, -0.05) is 145 Å². The summed E-state index contributed by atoms with van der Waals surface area (Å²) in [5, 5.41) is 78.1. The van der Waals surface area contributed by atoms with Gasteiger partial charge in [0.25, 0.3) is 0 Å². The molecule has 16 heteroatoms. The first-order chi connectivity index (χ1) is 44.3. The highest BCUT2D eigenvalue weighted by atomic mass is 35.5. The third kappa shape index (κ3) is 21.1. The summed E-state index contributed by atoms with van der Waals surface area (Å²) in [6, 6.07) is 66.8. The van der Waals surface area contributed by atoms with Crippen molar-refractivity contribution in [2.75, 3.05) is 111 Å². The van der Waals surface area contributed by atoms with Crippen molar-refractivity contribution in [2.24, 2.45) is 11.5 Å². The van der Waals surface area contributed by atoms with Gasteiger partial charge in [-0.2, -0.15) is 0 Å². The quantitative estimate of drug-likeness (QED) is 0.0228. The largest absolute Gasteiger partial charge is 0.396 e. The van der Waals surface area contributed by atoms with Gasteiger partial charge in [0.05, 0.1) is 37.6 Å². The summed E-state index contributed by atoms with van der Waals surface area (Å²) in [6.45, 7) is 6.48. The Kier molecular flexibility index (Phi) is 28.0. The molecule has 2 heterocycles. The Labute approximate surface area is 547 Å². The number of aliphatic hydroxyl groups is 8. The van der Waals surface area contributed by atoms with Crippen molar-refractivity contribution in [2.45, 2.75) is 81.2 Å². The smallest absolute Gasteiger partial charge is 0.0740 e. The van der Waals surface area contributed by atoms with E-state index < -0.39 is 24.4 Å². The molecule has 0 radical (unpaired) electrons. The number of halogens is 2. The third-order valence-electron chi connectivity index (χ3n) is 16.8. The van der Waals surface area contributed by atoms with Crippen LogP contribution in [-0.2, 0) is 19.3 Å². The highest BCUT2D eigenvalue weighted by Gasteiger charge is 2.27. The Balaban J connectivity index is 0.000000179. The van der Waals surface area contributed by atoms with Crippen LogP contribution in [0.2, 0.25) is 10.0 Å². The van der Waals surface area contributed by atoms with Crippen LogP contribution in [0.5, 0.6) is 0 Å². The summed E-state index contributed by atoms with van der Waals surface area (Å²) < 4.78 is 0. The number of nitrogens with two attached hydrogens (primary N) is 2. The number of hydrogen-bond acceptors (Lipinski definition) is 14. The average Bonchev–Trinajstić information content (AvgIpc) is 1.95. The van der Waals surface area contributed by atoms with Crippen LogP contribution in [-0.4, -0.2) is 157 Å². The van der Waals surface area contributed by atoms with E-state index in [-0.39, 0.29) is 38.3 Å². The Hall–Kier alpha value is -6.86. The molecule has 0 spiro atoms. The summed E-state index contributed by atoms with van der Waals surface area (Å²) in [5.74, 6) is 0.122. The standard InChI is InChI=1S/C29H33ClN2O4.C25H27ClO2.C21H32N4O2/c30-22-7-1-19(2-8-22)29(20-3-9-23(10-4-20)31-15-25(33)13-26(34)16-31)21-5-11-24(12-6-21)32-17-27(35)14-28(36)18-32;26-24-15-13-23(14-16-24)25(21-9-5-19(6-10-21)3-1-17-27)22-11-7-20(8-12-22)4-2-18-28;22-9-11-24(12-10-23)20-5-1-18(2-6-20)17-19-3-7-21(8-4-19)25(13-15-26)14-16-27/h1-12,25-29,33-36H,13-18H2;5-16,25,27-28H,1-4,17-18H2;1-8,26-27H,9-17,22-23H2. The van der Waals surface area contributed by atoms with Crippen molar-refractivity contribution < 1.29 is 40.9 Å². The number of aliphatic hydroxyl groups excluding tert-OH is 8. The van der Waals surface area contributed by atoms with Crippen molar-refractivity contribution in [3.8, 4) is 0 Å². The second-order valence-corrected chi connectivity index (χ2v) is 24.6. The van der Waals surface area contributed by atoms with E-state index >= 15 is 0 Å². The van der Waals surface area contributed by atoms with E-state index in [9.17, 15) is 20.4 Å². The Morgan fingerprint density at radius 1 is 0.363 bits per heavy atom. The summed E-state index contributed by atoms with van der Waals surface area (Å²) >= 11 is 12.3. The first-order valence-corrected chi connectivity index (χ1v) is 32.7. The van der Waals surface area contributed by atoms with Crippen molar-refractivity contribution in [1.82, 2.24) is 0 Å². The number of piperidine rings is 2. The second kappa shape index (κ2) is 36.4. The molecular weight excluding hydrogens is 1180 g/mol. The number of aryl methyl sites for hydroxylation is 2. The molecule has 0 bridgehead atoms. The normalized spacial score (nSPS) is 16.8. The molecule has 8 aromatic carbocycles. The van der Waals surface area contributed by atoms with Gasteiger partial charge in [0.15, 0.2) is 0 Å². The molecule has 2 fully saturated rings. The molecule has 2 saturated heterocycles. The molecule has 0 aliphatic carbocycles. The zero-order chi connectivity index (χ0) is 64.5. The van der Waals surface area contributed by atoms with E-state index in [0.29, 0.717) is 70.2 Å². The minimum atomic E-state index is -0.532. The van der Waals surface area contributed by atoms with Crippen LogP contribution < -0.4 is 31.1 Å². The van der Waals surface area contributed by atoms with E-state index in [1.165, 1.54) is 38.9 Å². The van der Waals surface area contributed by atoms with Gasteiger partial charge < -0.3 is 71.9 Å². The SMILES string of the molecule is NCCN(CCN)c1ccc(Cc2ccc(N(CCO)CCO)cc2)cc1.OC1CC(O)CN(c2ccc(C(c3ccc(Cl)cc3)c3ccc(N4CC(O)CC(O)C4)cc3)cc2)C1.OCCCc1ccc(C(c2ccc(Cl)cc2)c2ccc(CCCO)cc2)cc1. The molecule has 10 rings (SSSR count). The van der Waals surface area contributed by atoms with Crippen LogP contribution in [0.25, 0.3) is 0 Å². The molecule has 4 unspecified atom stereocenters. The second-order valence-electron chi connectivity index (χ2n) is 23.7. The molecule has 14 nitrogen and oxygen atoms in total. The predicted octanol–water partition coefficient (Wildman–Crippen LogP) is 9.55. The summed E-state index contributed by atoms with van der Waals surface area (Å²) in [4.78, 5) is 8.23. The van der Waals surface area contributed by atoms with Crippen LogP contribution in [0.15, 0.2) is 194 Å². The summed E-state index contributed by atoms with van der Waals surface area (Å²) in [5.41, 5.74) is 27.5. The van der Waals surface area contributed by atoms with Crippen LogP contribution in [0, 0.1) is 0 Å². The monoisotopic (exact) mass is 1270 g/mol. The molecule has 8 aromatic rings. The Morgan fingerprint density at radius 3 is 0.923 bits per heavy atom. The number of β-amino-alcohol motifs (C(OH)–C–C–N with tert-alkyl or cyclic N) is 4. The zero-order valence-corrected chi connectivity index (χ0v) is 53.6. The molecule has 484 valence electrons. The minimum absolute atomic E-state index is 0.0135. The highest BCUT2D eigenvalue weighted by Crippen LogP contribution is 2.37. The fourth-order valence-corrected chi connectivity index (χ4v) is 12.5. The lowest BCUT2D eigenvalue weighted by Gasteiger charge is -2.35. The first-order valence-electron chi connectivity index (χ1n) is 31.9. The van der Waals surface area contributed by atoms with Gasteiger partial charge in [0.2, 0.25) is 0 Å². The van der Waals surface area contributed by atoms with E-state index in [0.717, 1.165) is 89.7 Å². The maximum atomic E-state index is 10.1. The van der Waals surface area contributed by atoms with Gasteiger partial charge in [-0.3, -0.25) is 0 Å². The minimum Gasteiger partial charge on any atom is -0.396 e. The van der Waals surface area contributed by atoms with Crippen molar-refractivity contribution >= 4 is 46.0 Å². The van der Waals surface area contributed by atoms with Crippen LogP contribution in [0.3, 0.4) is 0 Å². The molecule has 12 N–H and O–H groups in total. The molecule has 0 saturated carbocycles. The van der Waals surface area contributed by atoms with Gasteiger partial charge >= 0.3 is 0 Å². The van der Waals surface area contributed by atoms with Gasteiger partial charge in [-0.15, -0.1) is 0 Å². The summed E-state index contributed by atoms with van der Waals surface area (Å²) in [7, 11) is 0. The van der Waals surface area contributed by atoms with Crippen LogP contribution in [0.1, 0.15) is 93.2 Å². The van der Waals surface area contributed by atoms with E-state index in [2.05, 4.69) is 126 Å². The zero-order valence-electron chi connectivity index (χ0n) is 52.1. The molecule has 0 aromatic heterocycles. The number of benzene rings is 8. The maximum Gasteiger partial charge on any atom is 0.0740 e. The lowest BCUT2D eigenvalue weighted by atomic mass is 9.84. The third-order valence-corrected chi connectivity index (χ3v) is 17.3. The number of rotatable bonds is 26. The van der Waals surface area contributed by atoms with E-state index in [1.54, 1.807) is 0 Å². The molecule has 2 aliphatic rings. The van der Waals surface area contributed by atoms with Crippen molar-refractivity contribution in [1.29, 1.82) is 0 Å². The lowest BCUT2D eigenvalue weighted by Crippen LogP contribution is -2.45. The molecule has 4 atom stereocenters. The molecular formula is C75H92Cl2N6O8. The molecule has 0 amide bonds. The Morgan fingerprint density at radius 2 is 0.637 bits per heavy atom. The van der Waals surface area contributed by atoms with Crippen molar-refractivity contribution in [3.63, 3.8) is 0 Å². The van der Waals surface area contributed by atoms with Gasteiger partial charge in [-0.25, -0.2) is 0 Å². The lowest BCUT2D eigenvalue weighted by molar-refractivity contribution is 0.0645. The van der Waals surface area contributed by atoms with Gasteiger partial charge in [0.1, 0.15) is 0 Å². The Bertz CT molecular complexity index is 3120. The van der Waals surface area contributed by atoms with Gasteiger partial charge in [0, 0.05) is 136 Å². The average molecular weight is 1280 g/mol. The maximum absolute atomic E-state index is 10.1. The molecule has 91 heavy (non-hydrogen) atoms. The van der Waals surface area contributed by atoms with E-state index in [1.807, 2.05) is 87.5 Å². The number of nitrogens with zero attached hydrogens (tertiary/aromatic N) is 4. The fraction of sp³-hybridized carbons (Fsp3) is 0.360. The summed E-state index contributed by atoms with van der Waals surface area (Å²) in [6.07, 6.45) is 2.92. The van der Waals surface area contributed by atoms with Crippen molar-refractivity contribution in [3.05, 3.63) is 260 Å². The predicted molar refractivity (Wildman–Crippen MR) is 371 cm³/mol. The topological polar surface area (TPSA) is 227 Å². The number of hydrogen-bond donors (Lipinski definition) is 10. The van der Waals surface area contributed by atoms with Crippen LogP contribution >= 0.6 is 23.2 Å². The number of anilines is 4. The van der Waals surface area contributed by atoms with E-state index in [4.69, 9.17) is 55.1 Å². The fourth-order valence-electron chi connectivity index (χ4n) is 12.2.